The molecule has 0 aliphatic carbocycles. The van der Waals surface area contributed by atoms with E-state index in [-0.39, 0.29) is 42.4 Å². The molecule has 14 nitrogen and oxygen atoms in total. The summed E-state index contributed by atoms with van der Waals surface area (Å²) in [7, 11) is 6.23. The lowest BCUT2D eigenvalue weighted by Gasteiger charge is -2.36. The van der Waals surface area contributed by atoms with E-state index in [0.29, 0.717) is 73.2 Å². The first kappa shape index (κ1) is 36.1. The Morgan fingerprint density at radius 1 is 0.827 bits per heavy atom. The van der Waals surface area contributed by atoms with Crippen LogP contribution >= 0.6 is 0 Å². The van der Waals surface area contributed by atoms with Gasteiger partial charge in [0.1, 0.15) is 11.5 Å². The number of aromatic nitrogens is 3. The van der Waals surface area contributed by atoms with Crippen LogP contribution in [0.4, 0.5) is 5.82 Å². The third kappa shape index (κ3) is 7.95. The van der Waals surface area contributed by atoms with Crippen LogP contribution in [-0.4, -0.2) is 110 Å². The molecule has 6 rings (SSSR count). The molecule has 274 valence electrons. The van der Waals surface area contributed by atoms with Crippen molar-refractivity contribution in [2.75, 3.05) is 72.6 Å². The van der Waals surface area contributed by atoms with Crippen LogP contribution in [0.3, 0.4) is 0 Å². The molecule has 3 aromatic heterocycles. The Morgan fingerprint density at radius 3 is 2.29 bits per heavy atom. The molecule has 1 aromatic carbocycles. The molecule has 0 spiro atoms. The second kappa shape index (κ2) is 16.6. The van der Waals surface area contributed by atoms with Gasteiger partial charge in [0.2, 0.25) is 17.5 Å². The molecule has 1 atom stereocenters. The zero-order chi connectivity index (χ0) is 36.6. The minimum Gasteiger partial charge on any atom is -0.493 e. The van der Waals surface area contributed by atoms with Gasteiger partial charge in [-0.05, 0) is 55.9 Å². The van der Waals surface area contributed by atoms with Crippen molar-refractivity contribution in [2.45, 2.75) is 32.2 Å². The number of fused-ring (bicyclic) bond motifs is 5. The zero-order valence-electron chi connectivity index (χ0n) is 30.1. The van der Waals surface area contributed by atoms with Gasteiger partial charge in [-0.2, -0.15) is 0 Å². The van der Waals surface area contributed by atoms with Gasteiger partial charge in [-0.1, -0.05) is 6.07 Å². The van der Waals surface area contributed by atoms with Crippen molar-refractivity contribution in [3.63, 3.8) is 0 Å². The van der Waals surface area contributed by atoms with Gasteiger partial charge >= 0.3 is 0 Å². The molecule has 1 N–H and O–H groups in total. The highest BCUT2D eigenvalue weighted by atomic mass is 16.5. The molecule has 2 aliphatic rings. The van der Waals surface area contributed by atoms with Crippen LogP contribution in [0, 0.1) is 5.92 Å². The molecule has 0 saturated carbocycles. The van der Waals surface area contributed by atoms with Crippen LogP contribution in [0.1, 0.15) is 52.1 Å². The molecule has 0 radical (unpaired) electrons. The fourth-order valence-electron chi connectivity index (χ4n) is 6.90. The number of benzene rings is 1. The van der Waals surface area contributed by atoms with E-state index in [4.69, 9.17) is 23.9 Å². The summed E-state index contributed by atoms with van der Waals surface area (Å²) in [5.41, 5.74) is 2.18. The molecule has 2 aliphatic heterocycles. The van der Waals surface area contributed by atoms with Gasteiger partial charge in [-0.25, -0.2) is 9.97 Å². The van der Waals surface area contributed by atoms with E-state index in [0.717, 1.165) is 36.2 Å². The Bertz CT molecular complexity index is 1890. The maximum absolute atomic E-state index is 14.3. The van der Waals surface area contributed by atoms with Gasteiger partial charge in [0.05, 0.1) is 46.1 Å². The summed E-state index contributed by atoms with van der Waals surface area (Å²) in [5, 5.41) is 3.80. The van der Waals surface area contributed by atoms with Crippen molar-refractivity contribution in [1.29, 1.82) is 0 Å². The lowest BCUT2D eigenvalue weighted by Crippen LogP contribution is -2.46. The first-order chi connectivity index (χ1) is 25.3. The number of methoxy groups -OCH3 is 4. The minimum absolute atomic E-state index is 0.0878. The topological polar surface area (TPSA) is 149 Å². The summed E-state index contributed by atoms with van der Waals surface area (Å²) < 4.78 is 22.4. The average molecular weight is 712 g/mol. The standard InChI is InChI=1S/C38H45N7O7/c1-49-31-19-30-28(34(51-3)35(31)52-4)18-27-23-44(37(47)26-12-13-33(50-2)41-21-26)15-7-8-16-45(38(48)29-11-5-6-14-39-29)24-32(46)40-20-25-10-9-17-43(22-25)36(27)42-30/h5-6,11-14,18-19,21,25H,7-10,15-17,20,22-24H2,1-4H3,(H,40,46). The number of hydrogen-bond donors (Lipinski definition) is 1. The van der Waals surface area contributed by atoms with Gasteiger partial charge in [0.15, 0.2) is 11.5 Å². The number of ether oxygens (including phenoxy) is 4. The largest absolute Gasteiger partial charge is 0.493 e. The monoisotopic (exact) mass is 711 g/mol. The predicted octanol–water partition coefficient (Wildman–Crippen LogP) is 3.97. The maximum atomic E-state index is 14.3. The van der Waals surface area contributed by atoms with E-state index >= 15 is 0 Å². The molecular formula is C38H45N7O7. The number of rotatable bonds is 6. The Hall–Kier alpha value is -5.66. The highest BCUT2D eigenvalue weighted by molar-refractivity contribution is 5.96. The minimum atomic E-state index is -0.314. The molecule has 4 aromatic rings. The number of nitrogens with zero attached hydrogens (tertiary/aromatic N) is 6. The van der Waals surface area contributed by atoms with E-state index in [1.54, 1.807) is 62.8 Å². The Morgan fingerprint density at radius 2 is 1.62 bits per heavy atom. The van der Waals surface area contributed by atoms with Crippen molar-refractivity contribution in [3.8, 4) is 23.1 Å². The molecule has 52 heavy (non-hydrogen) atoms. The normalized spacial score (nSPS) is 17.2. The number of carbonyl (C=O) groups is 3. The first-order valence-electron chi connectivity index (χ1n) is 17.5. The summed E-state index contributed by atoms with van der Waals surface area (Å²) in [5.74, 6) is 1.97. The quantitative estimate of drug-likeness (QED) is 0.310. The van der Waals surface area contributed by atoms with E-state index < -0.39 is 0 Å². The van der Waals surface area contributed by atoms with Gasteiger partial charge in [0.25, 0.3) is 11.8 Å². The van der Waals surface area contributed by atoms with Crippen LogP contribution < -0.4 is 29.2 Å². The number of nitrogens with one attached hydrogen (secondary N) is 1. The Balaban J connectivity index is 1.42. The molecule has 14 heteroatoms. The second-order valence-corrected chi connectivity index (χ2v) is 12.9. The van der Waals surface area contributed by atoms with Crippen molar-refractivity contribution < 1.29 is 33.3 Å². The first-order valence-corrected chi connectivity index (χ1v) is 17.5. The molecule has 1 fully saturated rings. The molecular weight excluding hydrogens is 666 g/mol. The Kier molecular flexibility index (Phi) is 11.5. The fourth-order valence-corrected chi connectivity index (χ4v) is 6.90. The van der Waals surface area contributed by atoms with Crippen LogP contribution in [0.2, 0.25) is 0 Å². The smallest absolute Gasteiger partial charge is 0.272 e. The number of anilines is 1. The number of piperidine rings is 1. The van der Waals surface area contributed by atoms with Crippen LogP contribution in [0.5, 0.6) is 23.1 Å². The molecule has 1 saturated heterocycles. The van der Waals surface area contributed by atoms with Crippen LogP contribution in [0.15, 0.2) is 54.9 Å². The van der Waals surface area contributed by atoms with Gasteiger partial charge in [-0.3, -0.25) is 19.4 Å². The lowest BCUT2D eigenvalue weighted by molar-refractivity contribution is -0.122. The van der Waals surface area contributed by atoms with Crippen molar-refractivity contribution in [3.05, 3.63) is 71.7 Å². The molecule has 5 heterocycles. The SMILES string of the molecule is COc1ccc(C(=O)N2CCCCN(C(=O)c3ccccn3)CC(=O)NCC3CCCN(C3)c3nc4cc(OC)c(OC)c(OC)c4cc3C2)cn1. The highest BCUT2D eigenvalue weighted by Gasteiger charge is 2.29. The summed E-state index contributed by atoms with van der Waals surface area (Å²) in [6, 6.07) is 12.4. The third-order valence-electron chi connectivity index (χ3n) is 9.54. The van der Waals surface area contributed by atoms with Gasteiger partial charge < -0.3 is 39.0 Å². The van der Waals surface area contributed by atoms with Gasteiger partial charge in [0, 0.05) is 74.7 Å². The van der Waals surface area contributed by atoms with Crippen molar-refractivity contribution in [1.82, 2.24) is 30.1 Å². The Labute approximate surface area is 303 Å². The summed E-state index contributed by atoms with van der Waals surface area (Å²) in [4.78, 5) is 60.3. The maximum Gasteiger partial charge on any atom is 0.272 e. The van der Waals surface area contributed by atoms with Crippen LogP contribution in [-0.2, 0) is 11.3 Å². The van der Waals surface area contributed by atoms with Crippen molar-refractivity contribution in [2.24, 2.45) is 5.92 Å². The van der Waals surface area contributed by atoms with E-state index in [1.165, 1.54) is 18.2 Å². The highest BCUT2D eigenvalue weighted by Crippen LogP contribution is 2.44. The summed E-state index contributed by atoms with van der Waals surface area (Å²) >= 11 is 0. The molecule has 3 amide bonds. The summed E-state index contributed by atoms with van der Waals surface area (Å²) in [6.45, 7) is 2.69. The lowest BCUT2D eigenvalue weighted by atomic mass is 9.97. The number of carbonyl (C=O) groups excluding carboxylic acids is 3. The van der Waals surface area contributed by atoms with E-state index in [1.807, 2.05) is 12.1 Å². The van der Waals surface area contributed by atoms with Crippen LogP contribution in [0.25, 0.3) is 10.9 Å². The average Bonchev–Trinajstić information content (AvgIpc) is 3.19. The number of amides is 3. The predicted molar refractivity (Wildman–Crippen MR) is 194 cm³/mol. The van der Waals surface area contributed by atoms with Crippen molar-refractivity contribution >= 4 is 34.4 Å². The second-order valence-electron chi connectivity index (χ2n) is 12.9. The fraction of sp³-hybridized carbons (Fsp3) is 0.421. The summed E-state index contributed by atoms with van der Waals surface area (Å²) in [6.07, 6.45) is 5.98. The number of pyridine rings is 3. The number of hydrogen-bond acceptors (Lipinski definition) is 11. The zero-order valence-corrected chi connectivity index (χ0v) is 30.1. The molecule has 1 unspecified atom stereocenters. The third-order valence-corrected chi connectivity index (χ3v) is 9.54. The van der Waals surface area contributed by atoms with Gasteiger partial charge in [-0.15, -0.1) is 0 Å². The molecule has 2 bridgehead atoms. The van der Waals surface area contributed by atoms with E-state index in [2.05, 4.69) is 20.2 Å². The van der Waals surface area contributed by atoms with E-state index in [9.17, 15) is 14.4 Å².